The molecule has 3 aromatic heterocycles. The third-order valence-corrected chi connectivity index (χ3v) is 6.88. The number of hydrogen-bond donors (Lipinski definition) is 0. The summed E-state index contributed by atoms with van der Waals surface area (Å²) in [7, 11) is 3.31. The highest BCUT2D eigenvalue weighted by Crippen LogP contribution is 2.28. The van der Waals surface area contributed by atoms with Gasteiger partial charge in [0.25, 0.3) is 5.56 Å². The Labute approximate surface area is 177 Å². The molecule has 0 atom stereocenters. The lowest BCUT2D eigenvalue weighted by Crippen LogP contribution is -2.39. The van der Waals surface area contributed by atoms with Gasteiger partial charge in [0.2, 0.25) is 0 Å². The van der Waals surface area contributed by atoms with Crippen molar-refractivity contribution in [2.75, 3.05) is 6.61 Å². The fraction of sp³-hybridized carbons (Fsp3) is 0.524. The second kappa shape index (κ2) is 8.59. The topological polar surface area (TPSA) is 88.1 Å². The van der Waals surface area contributed by atoms with E-state index in [9.17, 15) is 14.4 Å². The minimum Gasteiger partial charge on any atom is -0.461 e. The van der Waals surface area contributed by atoms with E-state index in [4.69, 9.17) is 4.74 Å². The Kier molecular flexibility index (Phi) is 5.90. The third kappa shape index (κ3) is 3.86. The van der Waals surface area contributed by atoms with E-state index in [1.165, 1.54) is 62.9 Å². The van der Waals surface area contributed by atoms with E-state index in [-0.39, 0.29) is 24.7 Å². The van der Waals surface area contributed by atoms with Crippen LogP contribution in [0, 0.1) is 0 Å². The SMILES string of the molecule is Cn1cnc2c1c(=O)n(CCCOC(=O)c1cc3c(s1)CCCCCC3)c(=O)n2C. The largest absolute Gasteiger partial charge is 0.461 e. The quantitative estimate of drug-likeness (QED) is 0.458. The molecule has 1 aliphatic rings. The van der Waals surface area contributed by atoms with Crippen molar-refractivity contribution in [1.82, 2.24) is 18.7 Å². The van der Waals surface area contributed by atoms with Gasteiger partial charge in [-0.3, -0.25) is 13.9 Å². The minimum absolute atomic E-state index is 0.153. The van der Waals surface area contributed by atoms with Gasteiger partial charge in [0.15, 0.2) is 11.2 Å². The molecule has 160 valence electrons. The lowest BCUT2D eigenvalue weighted by atomic mass is 10.00. The highest BCUT2D eigenvalue weighted by Gasteiger charge is 2.18. The average molecular weight is 431 g/mol. The number of nitrogens with zero attached hydrogens (tertiary/aromatic N) is 4. The summed E-state index contributed by atoms with van der Waals surface area (Å²) in [5.74, 6) is -0.325. The van der Waals surface area contributed by atoms with Crippen molar-refractivity contribution < 1.29 is 9.53 Å². The zero-order chi connectivity index (χ0) is 21.3. The Morgan fingerprint density at radius 1 is 1.17 bits per heavy atom. The van der Waals surface area contributed by atoms with E-state index < -0.39 is 5.69 Å². The summed E-state index contributed by atoms with van der Waals surface area (Å²) in [4.78, 5) is 43.7. The van der Waals surface area contributed by atoms with E-state index in [0.29, 0.717) is 22.5 Å². The Bertz CT molecular complexity index is 1170. The molecule has 0 saturated carbocycles. The van der Waals surface area contributed by atoms with Crippen molar-refractivity contribution in [2.24, 2.45) is 14.1 Å². The number of aryl methyl sites for hydroxylation is 4. The number of carbonyl (C=O) groups excluding carboxylic acids is 1. The first kappa shape index (κ1) is 20.6. The molecule has 4 rings (SSSR count). The van der Waals surface area contributed by atoms with E-state index in [1.54, 1.807) is 18.7 Å². The molecule has 0 aromatic carbocycles. The number of esters is 1. The molecule has 1 aliphatic carbocycles. The van der Waals surface area contributed by atoms with Crippen molar-refractivity contribution in [3.05, 3.63) is 48.5 Å². The molecule has 0 unspecified atom stereocenters. The van der Waals surface area contributed by atoms with Crippen LogP contribution in [0.3, 0.4) is 0 Å². The van der Waals surface area contributed by atoms with Gasteiger partial charge in [-0.2, -0.15) is 0 Å². The molecule has 9 heteroatoms. The van der Waals surface area contributed by atoms with E-state index in [1.807, 2.05) is 6.07 Å². The number of rotatable bonds is 5. The average Bonchev–Trinajstić information content (AvgIpc) is 3.29. The molecule has 0 bridgehead atoms. The smallest absolute Gasteiger partial charge is 0.348 e. The van der Waals surface area contributed by atoms with Gasteiger partial charge in [-0.15, -0.1) is 11.3 Å². The Morgan fingerprint density at radius 3 is 2.73 bits per heavy atom. The fourth-order valence-electron chi connectivity index (χ4n) is 4.00. The fourth-order valence-corrected chi connectivity index (χ4v) is 5.14. The molecule has 0 radical (unpaired) electrons. The Hall–Kier alpha value is -2.68. The van der Waals surface area contributed by atoms with Crippen LogP contribution in [0.1, 0.15) is 52.2 Å². The number of fused-ring (bicyclic) bond motifs is 2. The zero-order valence-electron chi connectivity index (χ0n) is 17.3. The van der Waals surface area contributed by atoms with Crippen LogP contribution in [-0.2, 0) is 38.2 Å². The molecule has 0 spiro atoms. The second-order valence-electron chi connectivity index (χ2n) is 7.79. The van der Waals surface area contributed by atoms with Crippen LogP contribution in [0.15, 0.2) is 22.0 Å². The number of aromatic nitrogens is 4. The molecule has 0 fully saturated rings. The number of ether oxygens (including phenoxy) is 1. The summed E-state index contributed by atoms with van der Waals surface area (Å²) in [6.07, 6.45) is 8.81. The zero-order valence-corrected chi connectivity index (χ0v) is 18.2. The van der Waals surface area contributed by atoms with Crippen molar-refractivity contribution >= 4 is 28.5 Å². The van der Waals surface area contributed by atoms with Crippen LogP contribution < -0.4 is 11.2 Å². The normalized spacial score (nSPS) is 14.3. The lowest BCUT2D eigenvalue weighted by Gasteiger charge is -2.09. The molecule has 0 amide bonds. The van der Waals surface area contributed by atoms with Gasteiger partial charge in [-0.1, -0.05) is 12.8 Å². The van der Waals surface area contributed by atoms with Crippen molar-refractivity contribution in [3.8, 4) is 0 Å². The van der Waals surface area contributed by atoms with Crippen LogP contribution in [0.4, 0.5) is 0 Å². The minimum atomic E-state index is -0.421. The summed E-state index contributed by atoms with van der Waals surface area (Å²) in [5.41, 5.74) is 1.23. The molecule has 3 heterocycles. The molecular formula is C21H26N4O4S. The molecule has 0 aliphatic heterocycles. The molecule has 8 nitrogen and oxygen atoms in total. The number of hydrogen-bond acceptors (Lipinski definition) is 6. The highest BCUT2D eigenvalue weighted by atomic mass is 32.1. The summed E-state index contributed by atoms with van der Waals surface area (Å²) in [6, 6.07) is 1.98. The van der Waals surface area contributed by atoms with Gasteiger partial charge in [-0.25, -0.2) is 14.6 Å². The van der Waals surface area contributed by atoms with Crippen LogP contribution in [0.5, 0.6) is 0 Å². The molecule has 0 N–H and O–H groups in total. The van der Waals surface area contributed by atoms with Crippen LogP contribution in [0.2, 0.25) is 0 Å². The summed E-state index contributed by atoms with van der Waals surface area (Å²) in [5, 5.41) is 0. The highest BCUT2D eigenvalue weighted by molar-refractivity contribution is 7.14. The van der Waals surface area contributed by atoms with Gasteiger partial charge in [0.05, 0.1) is 12.9 Å². The van der Waals surface area contributed by atoms with E-state index in [0.717, 1.165) is 12.8 Å². The standard InChI is InChI=1S/C21H26N4O4S/c1-23-13-22-18-17(23)19(26)25(21(28)24(18)2)10-7-11-29-20(27)16-12-14-8-5-3-4-6-9-15(14)30-16/h12-13H,3-11H2,1-2H3. The summed E-state index contributed by atoms with van der Waals surface area (Å²) < 4.78 is 9.57. The van der Waals surface area contributed by atoms with E-state index in [2.05, 4.69) is 4.98 Å². The van der Waals surface area contributed by atoms with Crippen molar-refractivity contribution in [2.45, 2.75) is 51.5 Å². The summed E-state index contributed by atoms with van der Waals surface area (Å²) in [6.45, 7) is 0.335. The van der Waals surface area contributed by atoms with Crippen LogP contribution >= 0.6 is 11.3 Å². The summed E-state index contributed by atoms with van der Waals surface area (Å²) >= 11 is 1.54. The number of thiophene rings is 1. The molecule has 0 saturated heterocycles. The first-order valence-corrected chi connectivity index (χ1v) is 11.2. The third-order valence-electron chi connectivity index (χ3n) is 5.66. The predicted molar refractivity (Wildman–Crippen MR) is 115 cm³/mol. The van der Waals surface area contributed by atoms with Gasteiger partial charge < -0.3 is 9.30 Å². The van der Waals surface area contributed by atoms with Gasteiger partial charge >= 0.3 is 11.7 Å². The maximum atomic E-state index is 12.7. The maximum Gasteiger partial charge on any atom is 0.348 e. The molecule has 30 heavy (non-hydrogen) atoms. The first-order chi connectivity index (χ1) is 14.5. The second-order valence-corrected chi connectivity index (χ2v) is 8.93. The van der Waals surface area contributed by atoms with Crippen LogP contribution in [0.25, 0.3) is 11.2 Å². The maximum absolute atomic E-state index is 12.7. The number of carbonyl (C=O) groups is 1. The lowest BCUT2D eigenvalue weighted by molar-refractivity contribution is 0.0501. The Balaban J connectivity index is 1.40. The van der Waals surface area contributed by atoms with Gasteiger partial charge in [0, 0.05) is 25.5 Å². The van der Waals surface area contributed by atoms with Gasteiger partial charge in [-0.05, 0) is 43.7 Å². The van der Waals surface area contributed by atoms with Gasteiger partial charge in [0.1, 0.15) is 4.88 Å². The molecule has 3 aromatic rings. The van der Waals surface area contributed by atoms with E-state index >= 15 is 0 Å². The van der Waals surface area contributed by atoms with Crippen molar-refractivity contribution in [3.63, 3.8) is 0 Å². The van der Waals surface area contributed by atoms with Crippen LogP contribution in [-0.4, -0.2) is 31.3 Å². The Morgan fingerprint density at radius 2 is 1.93 bits per heavy atom. The number of imidazole rings is 1. The first-order valence-electron chi connectivity index (χ1n) is 10.4. The predicted octanol–water partition coefficient (Wildman–Crippen LogP) is 2.40. The monoisotopic (exact) mass is 430 g/mol. The molecular weight excluding hydrogens is 404 g/mol. The van der Waals surface area contributed by atoms with Crippen molar-refractivity contribution in [1.29, 1.82) is 0 Å².